The molecule has 0 saturated carbocycles. The van der Waals surface area contributed by atoms with E-state index in [1.165, 1.54) is 24.3 Å². The molecule has 0 spiro atoms. The Hall–Kier alpha value is -3.13. The van der Waals surface area contributed by atoms with Crippen molar-refractivity contribution in [3.8, 4) is 5.75 Å². The lowest BCUT2D eigenvalue weighted by Gasteiger charge is -2.02. The molecule has 1 fully saturated rings. The third kappa shape index (κ3) is 3.60. The third-order valence-corrected chi connectivity index (χ3v) is 4.68. The van der Waals surface area contributed by atoms with Crippen molar-refractivity contribution in [2.45, 2.75) is 13.8 Å². The highest BCUT2D eigenvalue weighted by atomic mass is 32.2. The molecule has 1 amide bonds. The molecular formula is C18H15N3O4S. The fourth-order valence-electron chi connectivity index (χ4n) is 2.38. The van der Waals surface area contributed by atoms with E-state index in [0.29, 0.717) is 10.1 Å². The van der Waals surface area contributed by atoms with Gasteiger partial charge in [-0.2, -0.15) is 0 Å². The largest absolute Gasteiger partial charge is 0.502 e. The monoisotopic (exact) mass is 369 g/mol. The van der Waals surface area contributed by atoms with Gasteiger partial charge in [0, 0.05) is 11.6 Å². The highest BCUT2D eigenvalue weighted by Gasteiger charge is 2.25. The maximum atomic E-state index is 12.2. The van der Waals surface area contributed by atoms with Crippen LogP contribution in [0, 0.1) is 24.0 Å². The number of carbonyl (C=O) groups excluding carboxylic acids is 1. The van der Waals surface area contributed by atoms with Crippen molar-refractivity contribution in [1.29, 1.82) is 0 Å². The molecule has 1 saturated heterocycles. The zero-order valence-electron chi connectivity index (χ0n) is 14.0. The van der Waals surface area contributed by atoms with Crippen LogP contribution in [-0.4, -0.2) is 21.1 Å². The van der Waals surface area contributed by atoms with Crippen LogP contribution in [0.2, 0.25) is 0 Å². The maximum Gasteiger partial charge on any atom is 0.311 e. The Morgan fingerprint density at radius 3 is 2.77 bits per heavy atom. The van der Waals surface area contributed by atoms with Crippen LogP contribution >= 0.6 is 11.8 Å². The average Bonchev–Trinajstić information content (AvgIpc) is 2.92. The summed E-state index contributed by atoms with van der Waals surface area (Å²) in [5.74, 6) is -0.844. The normalized spacial score (nSPS) is 16.9. The lowest BCUT2D eigenvalue weighted by atomic mass is 10.1. The number of nitro groups is 1. The number of rotatable bonds is 3. The van der Waals surface area contributed by atoms with E-state index < -0.39 is 16.4 Å². The van der Waals surface area contributed by atoms with Gasteiger partial charge in [-0.3, -0.25) is 14.9 Å². The average molecular weight is 369 g/mol. The molecule has 2 aromatic carbocycles. The van der Waals surface area contributed by atoms with Crippen LogP contribution in [0.15, 0.2) is 46.3 Å². The number of amides is 1. The second-order valence-electron chi connectivity index (χ2n) is 5.74. The minimum absolute atomic E-state index is 0.199. The number of nitrogens with one attached hydrogen (secondary N) is 1. The number of carbonyl (C=O) groups is 1. The van der Waals surface area contributed by atoms with Crippen LogP contribution in [0.5, 0.6) is 5.75 Å². The van der Waals surface area contributed by atoms with Gasteiger partial charge in [-0.25, -0.2) is 4.99 Å². The molecule has 26 heavy (non-hydrogen) atoms. The van der Waals surface area contributed by atoms with Crippen molar-refractivity contribution in [3.63, 3.8) is 0 Å². The number of hydrogen-bond acceptors (Lipinski definition) is 6. The number of thioether (sulfide) groups is 1. The van der Waals surface area contributed by atoms with Gasteiger partial charge in [0.2, 0.25) is 5.75 Å². The van der Waals surface area contributed by atoms with Gasteiger partial charge in [-0.05, 0) is 48.9 Å². The first-order valence-electron chi connectivity index (χ1n) is 7.68. The standard InChI is InChI=1S/C18H15N3O4S/c1-10-6-7-11(2)13(8-10)19-18-20-17(23)15(26-18)9-12-4-3-5-14(16(12)22)21(24)25/h3-9,22H,1-2H3,(H,19,20,23)/b15-9-. The molecule has 0 aliphatic carbocycles. The van der Waals surface area contributed by atoms with Crippen LogP contribution in [0.1, 0.15) is 16.7 Å². The Morgan fingerprint density at radius 2 is 2.04 bits per heavy atom. The fourth-order valence-corrected chi connectivity index (χ4v) is 3.21. The smallest absolute Gasteiger partial charge is 0.311 e. The zero-order valence-corrected chi connectivity index (χ0v) is 14.8. The summed E-state index contributed by atoms with van der Waals surface area (Å²) in [5.41, 5.74) is 2.58. The summed E-state index contributed by atoms with van der Waals surface area (Å²) < 4.78 is 0. The van der Waals surface area contributed by atoms with Crippen molar-refractivity contribution < 1.29 is 14.8 Å². The molecule has 1 aliphatic rings. The molecule has 0 unspecified atom stereocenters. The first kappa shape index (κ1) is 17.7. The lowest BCUT2D eigenvalue weighted by Crippen LogP contribution is -2.19. The molecule has 1 aliphatic heterocycles. The van der Waals surface area contributed by atoms with Crippen molar-refractivity contribution in [1.82, 2.24) is 5.32 Å². The predicted octanol–water partition coefficient (Wildman–Crippen LogP) is 3.81. The predicted molar refractivity (Wildman–Crippen MR) is 101 cm³/mol. The van der Waals surface area contributed by atoms with Crippen LogP contribution in [0.4, 0.5) is 11.4 Å². The zero-order chi connectivity index (χ0) is 18.8. The Labute approximate surface area is 153 Å². The number of benzene rings is 2. The third-order valence-electron chi connectivity index (χ3n) is 3.77. The van der Waals surface area contributed by atoms with E-state index in [2.05, 4.69) is 10.3 Å². The van der Waals surface area contributed by atoms with E-state index in [0.717, 1.165) is 28.6 Å². The molecular weight excluding hydrogens is 354 g/mol. The van der Waals surface area contributed by atoms with Gasteiger partial charge >= 0.3 is 5.69 Å². The van der Waals surface area contributed by atoms with Gasteiger partial charge in [-0.1, -0.05) is 24.3 Å². The molecule has 132 valence electrons. The molecule has 7 nitrogen and oxygen atoms in total. The van der Waals surface area contributed by atoms with Gasteiger partial charge in [-0.15, -0.1) is 0 Å². The summed E-state index contributed by atoms with van der Waals surface area (Å²) in [6, 6.07) is 10.0. The van der Waals surface area contributed by atoms with Gasteiger partial charge in [0.25, 0.3) is 5.91 Å². The molecule has 1 heterocycles. The molecule has 2 aromatic rings. The number of phenols is 1. The first-order valence-corrected chi connectivity index (χ1v) is 8.50. The minimum atomic E-state index is -0.674. The number of nitrogens with zero attached hydrogens (tertiary/aromatic N) is 2. The highest BCUT2D eigenvalue weighted by Crippen LogP contribution is 2.34. The second-order valence-corrected chi connectivity index (χ2v) is 6.77. The molecule has 3 rings (SSSR count). The van der Waals surface area contributed by atoms with E-state index in [1.54, 1.807) is 0 Å². The van der Waals surface area contributed by atoms with Crippen molar-refractivity contribution in [2.75, 3.05) is 0 Å². The molecule has 0 radical (unpaired) electrons. The van der Waals surface area contributed by atoms with Gasteiger partial charge < -0.3 is 10.4 Å². The first-order chi connectivity index (χ1) is 12.3. The molecule has 0 aromatic heterocycles. The molecule has 0 atom stereocenters. The van der Waals surface area contributed by atoms with Crippen LogP contribution in [0.25, 0.3) is 6.08 Å². The number of aryl methyl sites for hydroxylation is 2. The van der Waals surface area contributed by atoms with Crippen molar-refractivity contribution in [2.24, 2.45) is 4.99 Å². The number of para-hydroxylation sites is 1. The van der Waals surface area contributed by atoms with E-state index >= 15 is 0 Å². The fraction of sp³-hybridized carbons (Fsp3) is 0.111. The summed E-state index contributed by atoms with van der Waals surface area (Å²) in [4.78, 5) is 27.2. The number of hydrogen-bond donors (Lipinski definition) is 2. The van der Waals surface area contributed by atoms with E-state index in [4.69, 9.17) is 0 Å². The maximum absolute atomic E-state index is 12.2. The summed E-state index contributed by atoms with van der Waals surface area (Å²) in [7, 11) is 0. The number of aromatic hydroxyl groups is 1. The van der Waals surface area contributed by atoms with E-state index in [-0.39, 0.29) is 11.5 Å². The summed E-state index contributed by atoms with van der Waals surface area (Å²) >= 11 is 1.12. The van der Waals surface area contributed by atoms with Crippen molar-refractivity contribution >= 4 is 40.3 Å². The second kappa shape index (κ2) is 7.01. The Morgan fingerprint density at radius 1 is 1.27 bits per heavy atom. The number of aliphatic imine (C=N–C) groups is 1. The molecule has 0 bridgehead atoms. The Bertz CT molecular complexity index is 982. The van der Waals surface area contributed by atoms with Crippen LogP contribution < -0.4 is 5.32 Å². The van der Waals surface area contributed by atoms with Gasteiger partial charge in [0.1, 0.15) is 0 Å². The number of phenolic OH excluding ortho intramolecular Hbond substituents is 1. The van der Waals surface area contributed by atoms with Gasteiger partial charge in [0.15, 0.2) is 5.17 Å². The lowest BCUT2D eigenvalue weighted by molar-refractivity contribution is -0.385. The highest BCUT2D eigenvalue weighted by molar-refractivity contribution is 8.18. The van der Waals surface area contributed by atoms with Crippen LogP contribution in [0.3, 0.4) is 0 Å². The molecule has 2 N–H and O–H groups in total. The van der Waals surface area contributed by atoms with E-state index in [9.17, 15) is 20.0 Å². The van der Waals surface area contributed by atoms with E-state index in [1.807, 2.05) is 32.0 Å². The Kier molecular flexibility index (Phi) is 4.77. The molecule has 8 heteroatoms. The summed E-state index contributed by atoms with van der Waals surface area (Å²) in [6.07, 6.45) is 1.41. The number of nitro benzene ring substituents is 1. The SMILES string of the molecule is Cc1ccc(C)c(N=C2NC(=O)/C(=C/c3cccc([N+](=O)[O-])c3O)S2)c1. The minimum Gasteiger partial charge on any atom is -0.502 e. The number of amidine groups is 1. The topological polar surface area (TPSA) is 105 Å². The summed E-state index contributed by atoms with van der Waals surface area (Å²) in [5, 5.41) is 24.0. The van der Waals surface area contributed by atoms with Crippen LogP contribution in [-0.2, 0) is 4.79 Å². The van der Waals surface area contributed by atoms with Gasteiger partial charge in [0.05, 0.1) is 15.5 Å². The summed E-state index contributed by atoms with van der Waals surface area (Å²) in [6.45, 7) is 3.89. The quantitative estimate of drug-likeness (QED) is 0.486. The van der Waals surface area contributed by atoms with Crippen molar-refractivity contribution in [3.05, 3.63) is 68.1 Å². The Balaban J connectivity index is 1.92.